The number of nitrogens with zero attached hydrogens (tertiary/aromatic N) is 1. The highest BCUT2D eigenvalue weighted by atomic mass is 32.1. The van der Waals surface area contributed by atoms with Crippen LogP contribution in [0.3, 0.4) is 0 Å². The summed E-state index contributed by atoms with van der Waals surface area (Å²) in [5.74, 6) is 0.0303. The molecule has 0 N–H and O–H groups in total. The standard InChI is InChI=1S/C20H21NO5S/c1-12(22)26-15-9-8-13(10-16(15)24-2)11-21-19-18(20(23)25-3)14-6-4-5-7-17(14)27-19/h8-11H,4-7H2,1-3H3. The van der Waals surface area contributed by atoms with E-state index in [1.807, 2.05) is 0 Å². The Balaban J connectivity index is 1.93. The summed E-state index contributed by atoms with van der Waals surface area (Å²) in [6.45, 7) is 1.34. The molecule has 0 saturated carbocycles. The number of thiophene rings is 1. The van der Waals surface area contributed by atoms with Crippen LogP contribution >= 0.6 is 11.3 Å². The van der Waals surface area contributed by atoms with Gasteiger partial charge in [0.2, 0.25) is 0 Å². The molecule has 27 heavy (non-hydrogen) atoms. The number of carbonyl (C=O) groups excluding carboxylic acids is 2. The van der Waals surface area contributed by atoms with Gasteiger partial charge in [-0.05, 0) is 55.0 Å². The van der Waals surface area contributed by atoms with E-state index in [-0.39, 0.29) is 5.97 Å². The van der Waals surface area contributed by atoms with Crippen molar-refractivity contribution in [3.63, 3.8) is 0 Å². The first-order valence-corrected chi connectivity index (χ1v) is 9.48. The Bertz CT molecular complexity index is 900. The minimum atomic E-state index is -0.415. The third-order valence-electron chi connectivity index (χ3n) is 4.31. The van der Waals surface area contributed by atoms with Crippen molar-refractivity contribution >= 4 is 34.5 Å². The highest BCUT2D eigenvalue weighted by molar-refractivity contribution is 7.16. The quantitative estimate of drug-likeness (QED) is 0.439. The molecule has 7 heteroatoms. The molecule has 0 atom stereocenters. The first kappa shape index (κ1) is 19.1. The van der Waals surface area contributed by atoms with Crippen LogP contribution in [0.25, 0.3) is 0 Å². The van der Waals surface area contributed by atoms with Crippen molar-refractivity contribution in [1.29, 1.82) is 0 Å². The number of hydrogen-bond donors (Lipinski definition) is 0. The molecule has 0 bridgehead atoms. The van der Waals surface area contributed by atoms with Crippen molar-refractivity contribution in [2.75, 3.05) is 14.2 Å². The predicted octanol–water partition coefficient (Wildman–Crippen LogP) is 4.10. The van der Waals surface area contributed by atoms with Gasteiger partial charge in [0.1, 0.15) is 5.00 Å². The summed E-state index contributed by atoms with van der Waals surface area (Å²) in [6.07, 6.45) is 5.74. The molecule has 142 valence electrons. The normalized spacial score (nSPS) is 13.3. The Morgan fingerprint density at radius 2 is 1.93 bits per heavy atom. The van der Waals surface area contributed by atoms with Gasteiger partial charge in [0.25, 0.3) is 0 Å². The molecule has 0 amide bonds. The van der Waals surface area contributed by atoms with Crippen molar-refractivity contribution in [2.45, 2.75) is 32.6 Å². The van der Waals surface area contributed by atoms with E-state index in [1.54, 1.807) is 35.8 Å². The van der Waals surface area contributed by atoms with E-state index in [0.29, 0.717) is 22.1 Å². The molecule has 1 aromatic heterocycles. The summed E-state index contributed by atoms with van der Waals surface area (Å²) in [6, 6.07) is 5.16. The summed E-state index contributed by atoms with van der Waals surface area (Å²) >= 11 is 1.55. The van der Waals surface area contributed by atoms with Gasteiger partial charge in [-0.1, -0.05) is 0 Å². The summed E-state index contributed by atoms with van der Waals surface area (Å²) < 4.78 is 15.3. The van der Waals surface area contributed by atoms with Gasteiger partial charge in [-0.25, -0.2) is 9.79 Å². The number of methoxy groups -OCH3 is 2. The average Bonchev–Trinajstić information content (AvgIpc) is 3.04. The molecule has 0 aliphatic heterocycles. The summed E-state index contributed by atoms with van der Waals surface area (Å²) in [5.41, 5.74) is 2.43. The Labute approximate surface area is 161 Å². The monoisotopic (exact) mass is 387 g/mol. The zero-order chi connectivity index (χ0) is 19.4. The lowest BCUT2D eigenvalue weighted by Gasteiger charge is -2.11. The molecule has 1 aromatic carbocycles. The molecule has 2 aromatic rings. The zero-order valence-electron chi connectivity index (χ0n) is 15.5. The number of hydrogen-bond acceptors (Lipinski definition) is 7. The average molecular weight is 387 g/mol. The van der Waals surface area contributed by atoms with E-state index in [4.69, 9.17) is 14.2 Å². The molecule has 1 aliphatic carbocycles. The molecule has 3 rings (SSSR count). The lowest BCUT2D eigenvalue weighted by molar-refractivity contribution is -0.132. The Morgan fingerprint density at radius 3 is 2.63 bits per heavy atom. The second-order valence-corrected chi connectivity index (χ2v) is 7.23. The lowest BCUT2D eigenvalue weighted by Crippen LogP contribution is -2.07. The maximum absolute atomic E-state index is 12.3. The largest absolute Gasteiger partial charge is 0.493 e. The smallest absolute Gasteiger partial charge is 0.341 e. The fourth-order valence-electron chi connectivity index (χ4n) is 3.09. The van der Waals surface area contributed by atoms with Crippen LogP contribution in [-0.4, -0.2) is 32.4 Å². The number of carbonyl (C=O) groups is 2. The number of esters is 2. The van der Waals surface area contributed by atoms with Gasteiger partial charge in [-0.3, -0.25) is 4.79 Å². The molecule has 0 unspecified atom stereocenters. The van der Waals surface area contributed by atoms with Crippen LogP contribution in [-0.2, 0) is 22.4 Å². The molecule has 6 nitrogen and oxygen atoms in total. The van der Waals surface area contributed by atoms with Crippen molar-refractivity contribution in [1.82, 2.24) is 0 Å². The van der Waals surface area contributed by atoms with Crippen LogP contribution in [0.2, 0.25) is 0 Å². The van der Waals surface area contributed by atoms with Crippen molar-refractivity contribution < 1.29 is 23.8 Å². The van der Waals surface area contributed by atoms with Gasteiger partial charge in [-0.2, -0.15) is 0 Å². The SMILES string of the molecule is COC(=O)c1c(N=Cc2ccc(OC(C)=O)c(OC)c2)sc2c1CCCC2. The van der Waals surface area contributed by atoms with Crippen LogP contribution in [0.5, 0.6) is 11.5 Å². The Morgan fingerprint density at radius 1 is 1.15 bits per heavy atom. The zero-order valence-corrected chi connectivity index (χ0v) is 16.4. The van der Waals surface area contributed by atoms with E-state index in [0.717, 1.165) is 36.8 Å². The van der Waals surface area contributed by atoms with Gasteiger partial charge >= 0.3 is 11.9 Å². The van der Waals surface area contributed by atoms with Crippen LogP contribution in [0.4, 0.5) is 5.00 Å². The first-order chi connectivity index (χ1) is 13.0. The number of aryl methyl sites for hydroxylation is 1. The second kappa shape index (κ2) is 8.35. The second-order valence-electron chi connectivity index (χ2n) is 6.14. The maximum atomic E-state index is 12.3. The topological polar surface area (TPSA) is 74.2 Å². The summed E-state index contributed by atoms with van der Waals surface area (Å²) in [5, 5.41) is 0.664. The molecule has 0 saturated heterocycles. The number of ether oxygens (including phenoxy) is 3. The lowest BCUT2D eigenvalue weighted by atomic mass is 9.95. The highest BCUT2D eigenvalue weighted by Gasteiger charge is 2.25. The number of benzene rings is 1. The van der Waals surface area contributed by atoms with Gasteiger partial charge in [0, 0.05) is 18.0 Å². The predicted molar refractivity (Wildman–Crippen MR) is 104 cm³/mol. The molecule has 1 heterocycles. The molecule has 0 radical (unpaired) electrons. The maximum Gasteiger partial charge on any atom is 0.341 e. The molecule has 1 aliphatic rings. The van der Waals surface area contributed by atoms with Gasteiger partial charge in [0.05, 0.1) is 19.8 Å². The molecular formula is C20H21NO5S. The van der Waals surface area contributed by atoms with E-state index >= 15 is 0 Å². The molecular weight excluding hydrogens is 366 g/mol. The number of rotatable bonds is 5. The molecule has 0 spiro atoms. The van der Waals surface area contributed by atoms with Gasteiger partial charge in [-0.15, -0.1) is 11.3 Å². The Kier molecular flexibility index (Phi) is 5.91. The molecule has 0 fully saturated rings. The van der Waals surface area contributed by atoms with Crippen LogP contribution in [0.1, 0.15) is 46.1 Å². The number of fused-ring (bicyclic) bond motifs is 1. The minimum absolute atomic E-state index is 0.343. The minimum Gasteiger partial charge on any atom is -0.493 e. The van der Waals surface area contributed by atoms with Crippen LogP contribution in [0.15, 0.2) is 23.2 Å². The first-order valence-electron chi connectivity index (χ1n) is 8.67. The van der Waals surface area contributed by atoms with Crippen molar-refractivity contribution in [3.8, 4) is 11.5 Å². The summed E-state index contributed by atoms with van der Waals surface area (Å²) in [7, 11) is 2.90. The number of aliphatic imine (C=N–C) groups is 1. The van der Waals surface area contributed by atoms with E-state index in [9.17, 15) is 9.59 Å². The Hall–Kier alpha value is -2.67. The fraction of sp³-hybridized carbons (Fsp3) is 0.350. The van der Waals surface area contributed by atoms with Crippen molar-refractivity contribution in [2.24, 2.45) is 4.99 Å². The van der Waals surface area contributed by atoms with Crippen LogP contribution < -0.4 is 9.47 Å². The summed E-state index contributed by atoms with van der Waals surface area (Å²) in [4.78, 5) is 29.2. The van der Waals surface area contributed by atoms with Gasteiger partial charge < -0.3 is 14.2 Å². The van der Waals surface area contributed by atoms with Crippen molar-refractivity contribution in [3.05, 3.63) is 39.8 Å². The third-order valence-corrected chi connectivity index (χ3v) is 5.51. The third kappa shape index (κ3) is 4.19. The van der Waals surface area contributed by atoms with Gasteiger partial charge in [0.15, 0.2) is 11.5 Å². The van der Waals surface area contributed by atoms with E-state index in [2.05, 4.69) is 4.99 Å². The van der Waals surface area contributed by atoms with E-state index in [1.165, 1.54) is 26.0 Å². The van der Waals surface area contributed by atoms with Crippen LogP contribution in [0, 0.1) is 0 Å². The fourth-order valence-corrected chi connectivity index (χ4v) is 4.31. The van der Waals surface area contributed by atoms with E-state index < -0.39 is 5.97 Å². The highest BCUT2D eigenvalue weighted by Crippen LogP contribution is 2.40.